The maximum absolute atomic E-state index is 13.2. The molecular weight excluding hydrogens is 303 g/mol. The predicted octanol–water partition coefficient (Wildman–Crippen LogP) is 5.65. The van der Waals surface area contributed by atoms with Crippen molar-refractivity contribution in [3.05, 3.63) is 71.0 Å². The van der Waals surface area contributed by atoms with E-state index in [1.807, 2.05) is 6.07 Å². The Bertz CT molecular complexity index is 519. The Labute approximate surface area is 122 Å². The Morgan fingerprint density at radius 3 is 2.42 bits per heavy atom. The molecule has 1 unspecified atom stereocenters. The fourth-order valence-corrected chi connectivity index (χ4v) is 2.68. The molecule has 0 N–H and O–H groups in total. The lowest BCUT2D eigenvalue weighted by molar-refractivity contribution is 0.626. The van der Waals surface area contributed by atoms with Crippen molar-refractivity contribution in [2.24, 2.45) is 0 Å². The lowest BCUT2D eigenvalue weighted by atomic mass is 10.0. The molecule has 0 nitrogen and oxygen atoms in total. The van der Waals surface area contributed by atoms with Crippen molar-refractivity contribution in [3.63, 3.8) is 0 Å². The zero-order valence-electron chi connectivity index (χ0n) is 11.1. The van der Waals surface area contributed by atoms with Gasteiger partial charge in [0, 0.05) is 0 Å². The molecular formula is C17H18BrF. The second-order valence-electron chi connectivity index (χ2n) is 4.76. The molecule has 0 amide bonds. The van der Waals surface area contributed by atoms with Crippen LogP contribution < -0.4 is 0 Å². The van der Waals surface area contributed by atoms with E-state index in [0.717, 1.165) is 17.5 Å². The van der Waals surface area contributed by atoms with Gasteiger partial charge in [-0.25, -0.2) is 4.39 Å². The van der Waals surface area contributed by atoms with Gasteiger partial charge < -0.3 is 0 Å². The number of benzene rings is 2. The highest BCUT2D eigenvalue weighted by atomic mass is 79.9. The molecule has 2 aromatic carbocycles. The van der Waals surface area contributed by atoms with Crippen molar-refractivity contribution >= 4 is 15.9 Å². The van der Waals surface area contributed by atoms with Crippen molar-refractivity contribution in [2.75, 3.05) is 0 Å². The highest BCUT2D eigenvalue weighted by Gasteiger charge is 2.10. The second-order valence-corrected chi connectivity index (χ2v) is 5.68. The lowest BCUT2D eigenvalue weighted by Crippen LogP contribution is -1.94. The number of hydrogen-bond acceptors (Lipinski definition) is 0. The Balaban J connectivity index is 2.13. The summed E-state index contributed by atoms with van der Waals surface area (Å²) in [6.07, 6.45) is 3.57. The van der Waals surface area contributed by atoms with E-state index in [0.29, 0.717) is 0 Å². The number of aryl methyl sites for hydroxylation is 1. The summed E-state index contributed by atoms with van der Waals surface area (Å²) in [6.45, 7) is 2.20. The van der Waals surface area contributed by atoms with Crippen molar-refractivity contribution in [3.8, 4) is 0 Å². The van der Waals surface area contributed by atoms with Gasteiger partial charge >= 0.3 is 0 Å². The monoisotopic (exact) mass is 320 g/mol. The molecule has 0 aliphatic heterocycles. The summed E-state index contributed by atoms with van der Waals surface area (Å²) in [5, 5.41) is 0. The largest absolute Gasteiger partial charge is 0.207 e. The number of unbranched alkanes of at least 4 members (excludes halogenated alkanes) is 1. The third kappa shape index (κ3) is 3.90. The average Bonchev–Trinajstić information content (AvgIpc) is 2.45. The SMILES string of the molecule is CCCCc1ccc(C(Br)c2cccc(F)c2)cc1. The molecule has 0 heterocycles. The van der Waals surface area contributed by atoms with Crippen molar-refractivity contribution in [1.82, 2.24) is 0 Å². The molecule has 2 aromatic rings. The summed E-state index contributed by atoms with van der Waals surface area (Å²) in [7, 11) is 0. The maximum atomic E-state index is 13.2. The van der Waals surface area contributed by atoms with Crippen LogP contribution in [0.1, 0.15) is 41.3 Å². The van der Waals surface area contributed by atoms with Gasteiger partial charge in [-0.15, -0.1) is 0 Å². The molecule has 0 aliphatic carbocycles. The van der Waals surface area contributed by atoms with Crippen LogP contribution in [0.2, 0.25) is 0 Å². The normalized spacial score (nSPS) is 12.4. The minimum Gasteiger partial charge on any atom is -0.207 e. The van der Waals surface area contributed by atoms with Gasteiger partial charge in [-0.05, 0) is 41.7 Å². The zero-order valence-corrected chi connectivity index (χ0v) is 12.7. The summed E-state index contributed by atoms with van der Waals surface area (Å²) in [6, 6.07) is 15.3. The van der Waals surface area contributed by atoms with Gasteiger partial charge in [0.15, 0.2) is 0 Å². The molecule has 0 saturated heterocycles. The molecule has 0 radical (unpaired) electrons. The lowest BCUT2D eigenvalue weighted by Gasteiger charge is -2.11. The molecule has 1 atom stereocenters. The van der Waals surface area contributed by atoms with E-state index in [9.17, 15) is 4.39 Å². The average molecular weight is 321 g/mol. The van der Waals surface area contributed by atoms with Crippen LogP contribution in [0.4, 0.5) is 4.39 Å². The Hall–Kier alpha value is -1.15. The summed E-state index contributed by atoms with van der Waals surface area (Å²) in [5.41, 5.74) is 3.47. The Morgan fingerprint density at radius 1 is 1.05 bits per heavy atom. The van der Waals surface area contributed by atoms with Gasteiger partial charge in [0.1, 0.15) is 5.82 Å². The predicted molar refractivity (Wildman–Crippen MR) is 82.2 cm³/mol. The number of halogens is 2. The Morgan fingerprint density at radius 2 is 1.79 bits per heavy atom. The molecule has 0 bridgehead atoms. The van der Waals surface area contributed by atoms with Gasteiger partial charge in [0.25, 0.3) is 0 Å². The van der Waals surface area contributed by atoms with E-state index in [2.05, 4.69) is 47.1 Å². The van der Waals surface area contributed by atoms with Gasteiger partial charge in [-0.1, -0.05) is 65.7 Å². The molecule has 0 saturated carbocycles. The first-order valence-electron chi connectivity index (χ1n) is 6.69. The molecule has 0 spiro atoms. The van der Waals surface area contributed by atoms with Crippen LogP contribution in [0, 0.1) is 5.82 Å². The number of hydrogen-bond donors (Lipinski definition) is 0. The minimum absolute atomic E-state index is 0.0448. The quantitative estimate of drug-likeness (QED) is 0.624. The third-order valence-electron chi connectivity index (χ3n) is 3.23. The van der Waals surface area contributed by atoms with Crippen LogP contribution in [0.15, 0.2) is 48.5 Å². The highest BCUT2D eigenvalue weighted by Crippen LogP contribution is 2.31. The van der Waals surface area contributed by atoms with E-state index in [1.165, 1.54) is 24.5 Å². The zero-order chi connectivity index (χ0) is 13.7. The van der Waals surface area contributed by atoms with Crippen molar-refractivity contribution in [2.45, 2.75) is 31.0 Å². The van der Waals surface area contributed by atoms with Gasteiger partial charge in [-0.2, -0.15) is 0 Å². The summed E-state index contributed by atoms with van der Waals surface area (Å²) >= 11 is 3.64. The fourth-order valence-electron chi connectivity index (χ4n) is 2.09. The first-order chi connectivity index (χ1) is 9.20. The van der Waals surface area contributed by atoms with Crippen LogP contribution in [0.5, 0.6) is 0 Å². The van der Waals surface area contributed by atoms with Crippen LogP contribution in [0.25, 0.3) is 0 Å². The minimum atomic E-state index is -0.193. The molecule has 19 heavy (non-hydrogen) atoms. The topological polar surface area (TPSA) is 0 Å². The van der Waals surface area contributed by atoms with Crippen molar-refractivity contribution in [1.29, 1.82) is 0 Å². The van der Waals surface area contributed by atoms with Crippen LogP contribution in [0.3, 0.4) is 0 Å². The van der Waals surface area contributed by atoms with Gasteiger partial charge in [0.05, 0.1) is 4.83 Å². The van der Waals surface area contributed by atoms with E-state index in [-0.39, 0.29) is 10.6 Å². The summed E-state index contributed by atoms with van der Waals surface area (Å²) < 4.78 is 13.2. The molecule has 0 aliphatic rings. The first kappa shape index (κ1) is 14.3. The van der Waals surface area contributed by atoms with Gasteiger partial charge in [-0.3, -0.25) is 0 Å². The number of rotatable bonds is 5. The summed E-state index contributed by atoms with van der Waals surface area (Å²) in [4.78, 5) is 0.0448. The molecule has 0 aromatic heterocycles. The number of alkyl halides is 1. The molecule has 2 heteroatoms. The standard InChI is InChI=1S/C17H18BrF/c1-2-3-5-13-8-10-14(11-9-13)17(18)15-6-4-7-16(19)12-15/h4,6-12,17H,2-3,5H2,1H3. The Kier molecular flexibility index (Phi) is 5.15. The van der Waals surface area contributed by atoms with E-state index in [1.54, 1.807) is 12.1 Å². The fraction of sp³-hybridized carbons (Fsp3) is 0.294. The van der Waals surface area contributed by atoms with Crippen LogP contribution >= 0.6 is 15.9 Å². The van der Waals surface area contributed by atoms with E-state index < -0.39 is 0 Å². The molecule has 2 rings (SSSR count). The first-order valence-corrected chi connectivity index (χ1v) is 7.60. The summed E-state index contributed by atoms with van der Waals surface area (Å²) in [5.74, 6) is -0.193. The molecule has 100 valence electrons. The van der Waals surface area contributed by atoms with E-state index in [4.69, 9.17) is 0 Å². The smallest absolute Gasteiger partial charge is 0.123 e. The highest BCUT2D eigenvalue weighted by molar-refractivity contribution is 9.09. The van der Waals surface area contributed by atoms with Crippen molar-refractivity contribution < 1.29 is 4.39 Å². The van der Waals surface area contributed by atoms with Gasteiger partial charge in [0.2, 0.25) is 0 Å². The van der Waals surface area contributed by atoms with Crippen LogP contribution in [-0.4, -0.2) is 0 Å². The maximum Gasteiger partial charge on any atom is 0.123 e. The van der Waals surface area contributed by atoms with E-state index >= 15 is 0 Å². The molecule has 0 fully saturated rings. The van der Waals surface area contributed by atoms with Crippen LogP contribution in [-0.2, 0) is 6.42 Å². The third-order valence-corrected chi connectivity index (χ3v) is 4.29. The second kappa shape index (κ2) is 6.85.